The number of benzene rings is 5. The zero-order valence-electron chi connectivity index (χ0n) is 22.3. The topological polar surface area (TPSA) is 17.0 Å². The molecule has 0 fully saturated rings. The molecular formula is C38H30N2. The summed E-state index contributed by atoms with van der Waals surface area (Å²) in [6.07, 6.45) is 8.74. The molecule has 0 atom stereocenters. The van der Waals surface area contributed by atoms with E-state index in [4.69, 9.17) is 0 Å². The lowest BCUT2D eigenvalue weighted by Crippen LogP contribution is -1.97. The molecule has 0 saturated carbocycles. The predicted octanol–water partition coefficient (Wildman–Crippen LogP) is 10.5. The molecule has 0 saturated heterocycles. The number of nitrogens with zero attached hydrogens (tertiary/aromatic N) is 1. The van der Waals surface area contributed by atoms with Crippen molar-refractivity contribution in [2.24, 2.45) is 0 Å². The van der Waals surface area contributed by atoms with Crippen LogP contribution in [0.1, 0.15) is 18.4 Å². The first-order valence-electron chi connectivity index (χ1n) is 13.9. The maximum absolute atomic E-state index is 4.31. The third-order valence-electron chi connectivity index (χ3n) is 7.71. The Bertz CT molecular complexity index is 1920. The van der Waals surface area contributed by atoms with Crippen molar-refractivity contribution in [3.8, 4) is 16.8 Å². The second kappa shape index (κ2) is 10.2. The van der Waals surface area contributed by atoms with E-state index in [0.717, 1.165) is 35.5 Å². The zero-order chi connectivity index (χ0) is 26.9. The van der Waals surface area contributed by atoms with E-state index >= 15 is 0 Å². The van der Waals surface area contributed by atoms with E-state index in [9.17, 15) is 0 Å². The molecule has 2 heteroatoms. The number of para-hydroxylation sites is 2. The maximum Gasteiger partial charge on any atom is 0.0562 e. The average molecular weight is 515 g/mol. The van der Waals surface area contributed by atoms with Crippen molar-refractivity contribution < 1.29 is 0 Å². The second-order valence-corrected chi connectivity index (χ2v) is 10.3. The molecule has 40 heavy (non-hydrogen) atoms. The lowest BCUT2D eigenvalue weighted by Gasteiger charge is -2.16. The fraction of sp³-hybridized carbons (Fsp3) is 0.0526. The van der Waals surface area contributed by atoms with Gasteiger partial charge in [0.2, 0.25) is 0 Å². The lowest BCUT2D eigenvalue weighted by molar-refractivity contribution is 1.06. The highest BCUT2D eigenvalue weighted by Gasteiger charge is 2.17. The molecule has 1 aromatic heterocycles. The molecule has 1 heterocycles. The molecule has 2 nitrogen and oxygen atoms in total. The van der Waals surface area contributed by atoms with E-state index in [1.807, 2.05) is 0 Å². The first-order chi connectivity index (χ1) is 19.8. The van der Waals surface area contributed by atoms with E-state index in [0.29, 0.717) is 0 Å². The second-order valence-electron chi connectivity index (χ2n) is 10.3. The Morgan fingerprint density at radius 2 is 1.38 bits per heavy atom. The Morgan fingerprint density at radius 1 is 0.625 bits per heavy atom. The highest BCUT2D eigenvalue weighted by molar-refractivity contribution is 6.12. The SMILES string of the molecule is C=C1C=CCCC=C1c1cccc(Nc2cc3c(cc2-c2ccccc2)c2ccccc2n3-c2ccccc2)c1. The van der Waals surface area contributed by atoms with Crippen molar-refractivity contribution in [2.75, 3.05) is 5.32 Å². The highest BCUT2D eigenvalue weighted by atomic mass is 15.0. The van der Waals surface area contributed by atoms with Crippen LogP contribution in [0.2, 0.25) is 0 Å². The molecule has 0 radical (unpaired) electrons. The van der Waals surface area contributed by atoms with Crippen LogP contribution in [-0.2, 0) is 0 Å². The first-order valence-corrected chi connectivity index (χ1v) is 13.9. The quantitative estimate of drug-likeness (QED) is 0.242. The van der Waals surface area contributed by atoms with Crippen LogP contribution in [0.4, 0.5) is 11.4 Å². The first kappa shape index (κ1) is 24.0. The Labute approximate surface area is 235 Å². The largest absolute Gasteiger partial charge is 0.355 e. The van der Waals surface area contributed by atoms with E-state index in [1.54, 1.807) is 0 Å². The number of anilines is 2. The third kappa shape index (κ3) is 4.34. The van der Waals surface area contributed by atoms with Gasteiger partial charge >= 0.3 is 0 Å². The van der Waals surface area contributed by atoms with Crippen molar-refractivity contribution in [1.29, 1.82) is 0 Å². The molecule has 0 amide bonds. The minimum atomic E-state index is 1.03. The normalized spacial score (nSPS) is 13.4. The van der Waals surface area contributed by atoms with Crippen LogP contribution in [-0.4, -0.2) is 4.57 Å². The van der Waals surface area contributed by atoms with E-state index in [-0.39, 0.29) is 0 Å². The summed E-state index contributed by atoms with van der Waals surface area (Å²) >= 11 is 0. The molecule has 0 aliphatic heterocycles. The highest BCUT2D eigenvalue weighted by Crippen LogP contribution is 2.40. The summed E-state index contributed by atoms with van der Waals surface area (Å²) in [4.78, 5) is 0. The molecule has 0 spiro atoms. The van der Waals surface area contributed by atoms with Crippen LogP contribution in [0.3, 0.4) is 0 Å². The van der Waals surface area contributed by atoms with Gasteiger partial charge in [0.05, 0.1) is 11.0 Å². The molecule has 192 valence electrons. The van der Waals surface area contributed by atoms with Gasteiger partial charge in [0.25, 0.3) is 0 Å². The molecule has 7 rings (SSSR count). The van der Waals surface area contributed by atoms with Gasteiger partial charge in [-0.15, -0.1) is 0 Å². The van der Waals surface area contributed by atoms with Crippen molar-refractivity contribution in [3.63, 3.8) is 0 Å². The number of aromatic nitrogens is 1. The van der Waals surface area contributed by atoms with Gasteiger partial charge < -0.3 is 9.88 Å². The molecular weight excluding hydrogens is 484 g/mol. The van der Waals surface area contributed by atoms with Gasteiger partial charge in [0.15, 0.2) is 0 Å². The molecule has 1 aliphatic rings. The molecule has 6 aromatic rings. The number of allylic oxidation sites excluding steroid dienone is 5. The predicted molar refractivity (Wildman–Crippen MR) is 171 cm³/mol. The third-order valence-corrected chi connectivity index (χ3v) is 7.71. The van der Waals surface area contributed by atoms with Crippen LogP contribution in [0, 0.1) is 0 Å². The van der Waals surface area contributed by atoms with E-state index in [1.165, 1.54) is 44.1 Å². The van der Waals surface area contributed by atoms with Crippen LogP contribution >= 0.6 is 0 Å². The van der Waals surface area contributed by atoms with Crippen molar-refractivity contribution in [3.05, 3.63) is 157 Å². The van der Waals surface area contributed by atoms with Gasteiger partial charge in [-0.1, -0.05) is 104 Å². The van der Waals surface area contributed by atoms with Crippen molar-refractivity contribution in [2.45, 2.75) is 12.8 Å². The zero-order valence-corrected chi connectivity index (χ0v) is 22.3. The van der Waals surface area contributed by atoms with Crippen LogP contribution in [0.15, 0.2) is 152 Å². The number of hydrogen-bond donors (Lipinski definition) is 1. The van der Waals surface area contributed by atoms with Crippen molar-refractivity contribution >= 4 is 38.8 Å². The average Bonchev–Trinajstić information content (AvgIpc) is 3.15. The fourth-order valence-electron chi connectivity index (χ4n) is 5.82. The van der Waals surface area contributed by atoms with E-state index < -0.39 is 0 Å². The smallest absolute Gasteiger partial charge is 0.0562 e. The summed E-state index contributed by atoms with van der Waals surface area (Å²) in [6.45, 7) is 4.31. The van der Waals surface area contributed by atoms with Gasteiger partial charge in [0, 0.05) is 33.4 Å². The van der Waals surface area contributed by atoms with Gasteiger partial charge in [-0.05, 0) is 77.6 Å². The molecule has 1 N–H and O–H groups in total. The minimum absolute atomic E-state index is 1.03. The summed E-state index contributed by atoms with van der Waals surface area (Å²) < 4.78 is 2.37. The van der Waals surface area contributed by atoms with Crippen molar-refractivity contribution in [1.82, 2.24) is 4.57 Å². The summed E-state index contributed by atoms with van der Waals surface area (Å²) in [6, 6.07) is 43.3. The Hall–Kier alpha value is -5.08. The Morgan fingerprint density at radius 3 is 2.23 bits per heavy atom. The van der Waals surface area contributed by atoms with Crippen LogP contribution in [0.25, 0.3) is 44.2 Å². The number of fused-ring (bicyclic) bond motifs is 3. The standard InChI is InChI=1S/C38H30N2/c1-27-14-5-2-10-21-32(27)29-17-13-18-30(24-29)39-36-26-38-35(25-34(36)28-15-6-3-7-16-28)33-22-11-12-23-37(33)40(38)31-19-8-4-9-20-31/h3-9,11-26,39H,1-2,10H2. The molecule has 0 unspecified atom stereocenters. The number of nitrogens with one attached hydrogen (secondary N) is 1. The lowest BCUT2D eigenvalue weighted by atomic mass is 9.97. The van der Waals surface area contributed by atoms with Gasteiger partial charge in [-0.3, -0.25) is 0 Å². The van der Waals surface area contributed by atoms with Gasteiger partial charge in [-0.2, -0.15) is 0 Å². The molecule has 1 aliphatic carbocycles. The molecule has 0 bridgehead atoms. The molecule has 5 aromatic carbocycles. The van der Waals surface area contributed by atoms with E-state index in [2.05, 4.69) is 156 Å². The fourth-order valence-corrected chi connectivity index (χ4v) is 5.82. The summed E-state index contributed by atoms with van der Waals surface area (Å²) in [5.41, 5.74) is 11.5. The number of hydrogen-bond acceptors (Lipinski definition) is 1. The maximum atomic E-state index is 4.31. The van der Waals surface area contributed by atoms with Crippen LogP contribution in [0.5, 0.6) is 0 Å². The van der Waals surface area contributed by atoms with Gasteiger partial charge in [0.1, 0.15) is 0 Å². The van der Waals surface area contributed by atoms with Crippen LogP contribution < -0.4 is 5.32 Å². The number of rotatable bonds is 5. The van der Waals surface area contributed by atoms with Gasteiger partial charge in [-0.25, -0.2) is 0 Å². The summed E-state index contributed by atoms with van der Waals surface area (Å²) in [5, 5.41) is 6.30. The Kier molecular flexibility index (Phi) is 6.14. The summed E-state index contributed by atoms with van der Waals surface area (Å²) in [5.74, 6) is 0. The summed E-state index contributed by atoms with van der Waals surface area (Å²) in [7, 11) is 0. The monoisotopic (exact) mass is 514 g/mol. The minimum Gasteiger partial charge on any atom is -0.355 e. The Balaban J connectivity index is 1.43.